The lowest BCUT2D eigenvalue weighted by molar-refractivity contribution is 0.179. The first-order valence-electron chi connectivity index (χ1n) is 7.00. The standard InChI is InChI=1S/C15H23FN2O/c1-12-4-5-14(16)9-13(12)10-18(7-8-19)11-15-3-2-6-17-15/h4-5,9,15,17,19H,2-3,6-8,10-11H2,1H3. The van der Waals surface area contributed by atoms with Gasteiger partial charge in [-0.2, -0.15) is 0 Å². The lowest BCUT2D eigenvalue weighted by Gasteiger charge is -2.25. The molecule has 19 heavy (non-hydrogen) atoms. The molecule has 0 aromatic heterocycles. The molecule has 1 fully saturated rings. The average molecular weight is 266 g/mol. The van der Waals surface area contributed by atoms with Gasteiger partial charge in [-0.05, 0) is 49.6 Å². The number of benzene rings is 1. The lowest BCUT2D eigenvalue weighted by Crippen LogP contribution is -2.38. The molecule has 0 bridgehead atoms. The van der Waals surface area contributed by atoms with E-state index in [2.05, 4.69) is 10.2 Å². The van der Waals surface area contributed by atoms with E-state index in [1.807, 2.05) is 13.0 Å². The minimum Gasteiger partial charge on any atom is -0.395 e. The van der Waals surface area contributed by atoms with Gasteiger partial charge in [-0.25, -0.2) is 4.39 Å². The number of rotatable bonds is 6. The van der Waals surface area contributed by atoms with Crippen LogP contribution >= 0.6 is 0 Å². The van der Waals surface area contributed by atoms with Crippen molar-refractivity contribution in [1.82, 2.24) is 10.2 Å². The third-order valence-corrected chi connectivity index (χ3v) is 3.76. The molecule has 106 valence electrons. The Hall–Kier alpha value is -0.970. The van der Waals surface area contributed by atoms with Crippen molar-refractivity contribution in [3.8, 4) is 0 Å². The summed E-state index contributed by atoms with van der Waals surface area (Å²) in [7, 11) is 0. The van der Waals surface area contributed by atoms with Gasteiger partial charge in [-0.3, -0.25) is 4.90 Å². The number of nitrogens with one attached hydrogen (secondary N) is 1. The maximum atomic E-state index is 13.3. The Labute approximate surface area is 114 Å². The van der Waals surface area contributed by atoms with Gasteiger partial charge in [0, 0.05) is 25.7 Å². The first-order chi connectivity index (χ1) is 9.19. The van der Waals surface area contributed by atoms with Crippen molar-refractivity contribution >= 4 is 0 Å². The van der Waals surface area contributed by atoms with Crippen LogP contribution in [0.5, 0.6) is 0 Å². The fourth-order valence-corrected chi connectivity index (χ4v) is 2.65. The van der Waals surface area contributed by atoms with Gasteiger partial charge in [0.1, 0.15) is 5.82 Å². The van der Waals surface area contributed by atoms with Gasteiger partial charge in [0.15, 0.2) is 0 Å². The summed E-state index contributed by atoms with van der Waals surface area (Å²) < 4.78 is 13.3. The molecule has 0 radical (unpaired) electrons. The predicted molar refractivity (Wildman–Crippen MR) is 74.5 cm³/mol. The van der Waals surface area contributed by atoms with Crippen molar-refractivity contribution in [3.05, 3.63) is 35.1 Å². The summed E-state index contributed by atoms with van der Waals surface area (Å²) >= 11 is 0. The molecular weight excluding hydrogens is 243 g/mol. The zero-order valence-corrected chi connectivity index (χ0v) is 11.5. The first kappa shape index (κ1) is 14.4. The molecule has 0 aliphatic carbocycles. The van der Waals surface area contributed by atoms with E-state index in [9.17, 15) is 9.50 Å². The van der Waals surface area contributed by atoms with Crippen LogP contribution in [-0.4, -0.2) is 42.3 Å². The van der Waals surface area contributed by atoms with E-state index in [4.69, 9.17) is 0 Å². The highest BCUT2D eigenvalue weighted by molar-refractivity contribution is 5.26. The summed E-state index contributed by atoms with van der Waals surface area (Å²) in [6, 6.07) is 5.41. The third kappa shape index (κ3) is 4.27. The number of aryl methyl sites for hydroxylation is 1. The van der Waals surface area contributed by atoms with Gasteiger partial charge in [0.25, 0.3) is 0 Å². The Bertz CT molecular complexity index is 405. The lowest BCUT2D eigenvalue weighted by atomic mass is 10.1. The molecule has 1 aliphatic heterocycles. The molecule has 1 unspecified atom stereocenters. The fraction of sp³-hybridized carbons (Fsp3) is 0.600. The van der Waals surface area contributed by atoms with E-state index in [-0.39, 0.29) is 12.4 Å². The molecule has 1 aliphatic rings. The van der Waals surface area contributed by atoms with Crippen molar-refractivity contribution in [2.45, 2.75) is 32.4 Å². The van der Waals surface area contributed by atoms with Gasteiger partial charge >= 0.3 is 0 Å². The van der Waals surface area contributed by atoms with E-state index in [0.717, 1.165) is 24.2 Å². The van der Waals surface area contributed by atoms with Crippen molar-refractivity contribution in [2.24, 2.45) is 0 Å². The molecule has 2 rings (SSSR count). The van der Waals surface area contributed by atoms with Crippen LogP contribution in [0.4, 0.5) is 4.39 Å². The van der Waals surface area contributed by atoms with Crippen LogP contribution in [0.3, 0.4) is 0 Å². The van der Waals surface area contributed by atoms with Gasteiger partial charge < -0.3 is 10.4 Å². The summed E-state index contributed by atoms with van der Waals surface area (Å²) in [5, 5.41) is 12.6. The number of hydrogen-bond donors (Lipinski definition) is 2. The van der Waals surface area contributed by atoms with Gasteiger partial charge in [-0.1, -0.05) is 6.07 Å². The Kier molecular flexibility index (Phi) is 5.31. The SMILES string of the molecule is Cc1ccc(F)cc1CN(CCO)CC1CCCN1. The van der Waals surface area contributed by atoms with Crippen molar-refractivity contribution < 1.29 is 9.50 Å². The van der Waals surface area contributed by atoms with Crippen LogP contribution in [0.1, 0.15) is 24.0 Å². The van der Waals surface area contributed by atoms with E-state index in [1.165, 1.54) is 18.9 Å². The van der Waals surface area contributed by atoms with Gasteiger partial charge in [-0.15, -0.1) is 0 Å². The number of aliphatic hydroxyl groups excluding tert-OH is 1. The zero-order chi connectivity index (χ0) is 13.7. The van der Waals surface area contributed by atoms with Crippen molar-refractivity contribution in [2.75, 3.05) is 26.2 Å². The Morgan fingerprint density at radius 1 is 1.47 bits per heavy atom. The molecule has 0 amide bonds. The van der Waals surface area contributed by atoms with Crippen LogP contribution in [0.15, 0.2) is 18.2 Å². The molecule has 1 aromatic rings. The molecular formula is C15H23FN2O. The van der Waals surface area contributed by atoms with Gasteiger partial charge in [0.05, 0.1) is 6.61 Å². The highest BCUT2D eigenvalue weighted by Crippen LogP contribution is 2.14. The highest BCUT2D eigenvalue weighted by atomic mass is 19.1. The number of nitrogens with zero attached hydrogens (tertiary/aromatic N) is 1. The first-order valence-corrected chi connectivity index (χ1v) is 7.00. The van der Waals surface area contributed by atoms with E-state index in [0.29, 0.717) is 19.1 Å². The molecule has 1 atom stereocenters. The topological polar surface area (TPSA) is 35.5 Å². The van der Waals surface area contributed by atoms with E-state index in [1.54, 1.807) is 6.07 Å². The molecule has 4 heteroatoms. The fourth-order valence-electron chi connectivity index (χ4n) is 2.65. The average Bonchev–Trinajstić information content (AvgIpc) is 2.87. The summed E-state index contributed by atoms with van der Waals surface area (Å²) in [6.45, 7) is 5.46. The van der Waals surface area contributed by atoms with Crippen LogP contribution < -0.4 is 5.32 Å². The molecule has 0 saturated carbocycles. The summed E-state index contributed by atoms with van der Waals surface area (Å²) in [4.78, 5) is 2.20. The molecule has 2 N–H and O–H groups in total. The minimum atomic E-state index is -0.191. The predicted octanol–water partition coefficient (Wildman–Crippen LogP) is 1.68. The van der Waals surface area contributed by atoms with Crippen LogP contribution in [-0.2, 0) is 6.54 Å². The normalized spacial score (nSPS) is 19.3. The van der Waals surface area contributed by atoms with Crippen LogP contribution in [0.25, 0.3) is 0 Å². The van der Waals surface area contributed by atoms with Gasteiger partial charge in [0.2, 0.25) is 0 Å². The number of hydrogen-bond acceptors (Lipinski definition) is 3. The monoisotopic (exact) mass is 266 g/mol. The summed E-state index contributed by atoms with van der Waals surface area (Å²) in [6.07, 6.45) is 2.40. The second-order valence-electron chi connectivity index (χ2n) is 5.32. The Balaban J connectivity index is 2.00. The summed E-state index contributed by atoms with van der Waals surface area (Å²) in [5.41, 5.74) is 2.11. The maximum Gasteiger partial charge on any atom is 0.123 e. The molecule has 3 nitrogen and oxygen atoms in total. The second-order valence-corrected chi connectivity index (χ2v) is 5.32. The van der Waals surface area contributed by atoms with E-state index < -0.39 is 0 Å². The molecule has 0 spiro atoms. The van der Waals surface area contributed by atoms with Crippen molar-refractivity contribution in [3.63, 3.8) is 0 Å². The highest BCUT2D eigenvalue weighted by Gasteiger charge is 2.18. The smallest absolute Gasteiger partial charge is 0.123 e. The van der Waals surface area contributed by atoms with E-state index >= 15 is 0 Å². The molecule has 1 aromatic carbocycles. The largest absolute Gasteiger partial charge is 0.395 e. The maximum absolute atomic E-state index is 13.3. The van der Waals surface area contributed by atoms with Crippen LogP contribution in [0, 0.1) is 12.7 Å². The minimum absolute atomic E-state index is 0.140. The Morgan fingerprint density at radius 3 is 3.00 bits per heavy atom. The molecule has 1 heterocycles. The molecule has 1 saturated heterocycles. The number of aliphatic hydroxyl groups is 1. The quantitative estimate of drug-likeness (QED) is 0.822. The second kappa shape index (κ2) is 6.98. The van der Waals surface area contributed by atoms with Crippen molar-refractivity contribution in [1.29, 1.82) is 0 Å². The zero-order valence-electron chi connectivity index (χ0n) is 11.5. The number of halogens is 1. The summed E-state index contributed by atoms with van der Waals surface area (Å²) in [5.74, 6) is -0.191. The van der Waals surface area contributed by atoms with Crippen LogP contribution in [0.2, 0.25) is 0 Å². The Morgan fingerprint density at radius 2 is 2.32 bits per heavy atom. The third-order valence-electron chi connectivity index (χ3n) is 3.76.